The second-order valence-electron chi connectivity index (χ2n) is 4.75. The first-order chi connectivity index (χ1) is 8.85. The van der Waals surface area contributed by atoms with E-state index in [1.807, 2.05) is 20.8 Å². The fraction of sp³-hybridized carbons (Fsp3) is 0.538. The lowest BCUT2D eigenvalue weighted by molar-refractivity contribution is -0.137. The van der Waals surface area contributed by atoms with Crippen LogP contribution in [0.4, 0.5) is 0 Å². The molecule has 1 atom stereocenters. The number of nitrogens with one attached hydrogen (secondary N) is 1. The Bertz CT molecular complexity index is 468. The van der Waals surface area contributed by atoms with Crippen LogP contribution >= 0.6 is 11.6 Å². The number of hydrogen-bond donors (Lipinski definition) is 2. The maximum atomic E-state index is 12.2. The van der Waals surface area contributed by atoms with E-state index in [9.17, 15) is 9.59 Å². The largest absolute Gasteiger partial charge is 0.481 e. The molecule has 1 unspecified atom stereocenters. The molecule has 0 spiro atoms. The first-order valence-corrected chi connectivity index (χ1v) is 6.61. The third kappa shape index (κ3) is 4.28. The predicted molar refractivity (Wildman–Crippen MR) is 73.5 cm³/mol. The Hall–Kier alpha value is -1.49. The summed E-state index contributed by atoms with van der Waals surface area (Å²) in [6, 6.07) is 1.18. The SMILES string of the molecule is CCn1cc(Cl)cc1C(=O)NC(CC(=O)O)C(C)C. The summed E-state index contributed by atoms with van der Waals surface area (Å²) in [7, 11) is 0. The zero-order chi connectivity index (χ0) is 14.6. The summed E-state index contributed by atoms with van der Waals surface area (Å²) in [5.41, 5.74) is 0.448. The van der Waals surface area contributed by atoms with E-state index in [4.69, 9.17) is 16.7 Å². The quantitative estimate of drug-likeness (QED) is 0.843. The molecule has 0 radical (unpaired) electrons. The molecule has 6 heteroatoms. The first kappa shape index (κ1) is 15.6. The van der Waals surface area contributed by atoms with E-state index in [2.05, 4.69) is 5.32 Å². The molecule has 0 saturated carbocycles. The number of carboxylic acids is 1. The summed E-state index contributed by atoms with van der Waals surface area (Å²) in [5.74, 6) is -1.18. The van der Waals surface area contributed by atoms with E-state index >= 15 is 0 Å². The summed E-state index contributed by atoms with van der Waals surface area (Å²) < 4.78 is 1.73. The minimum absolute atomic E-state index is 0.0422. The van der Waals surface area contributed by atoms with Gasteiger partial charge in [-0.25, -0.2) is 0 Å². The van der Waals surface area contributed by atoms with Crippen LogP contribution in [0.15, 0.2) is 12.3 Å². The van der Waals surface area contributed by atoms with E-state index in [1.165, 1.54) is 0 Å². The third-order valence-corrected chi connectivity index (χ3v) is 3.16. The number of nitrogens with zero attached hydrogens (tertiary/aromatic N) is 1. The van der Waals surface area contributed by atoms with Crippen molar-refractivity contribution >= 4 is 23.5 Å². The van der Waals surface area contributed by atoms with Gasteiger partial charge in [-0.05, 0) is 18.9 Å². The fourth-order valence-corrected chi connectivity index (χ4v) is 2.03. The van der Waals surface area contributed by atoms with Gasteiger partial charge < -0.3 is 15.0 Å². The maximum absolute atomic E-state index is 12.2. The molecule has 0 bridgehead atoms. The lowest BCUT2D eigenvalue weighted by atomic mass is 10.0. The monoisotopic (exact) mass is 286 g/mol. The molecule has 1 rings (SSSR count). The van der Waals surface area contributed by atoms with Gasteiger partial charge in [-0.15, -0.1) is 0 Å². The molecule has 0 saturated heterocycles. The zero-order valence-electron chi connectivity index (χ0n) is 11.3. The molecule has 0 fully saturated rings. The fourth-order valence-electron chi connectivity index (χ4n) is 1.81. The number of aryl methyl sites for hydroxylation is 1. The number of carbonyl (C=O) groups excluding carboxylic acids is 1. The van der Waals surface area contributed by atoms with E-state index in [0.29, 0.717) is 17.3 Å². The van der Waals surface area contributed by atoms with Crippen molar-refractivity contribution < 1.29 is 14.7 Å². The molecule has 0 aliphatic heterocycles. The van der Waals surface area contributed by atoms with E-state index < -0.39 is 12.0 Å². The molecule has 19 heavy (non-hydrogen) atoms. The standard InChI is InChI=1S/C13H19ClN2O3/c1-4-16-7-9(14)5-11(16)13(19)15-10(8(2)3)6-12(17)18/h5,7-8,10H,4,6H2,1-3H3,(H,15,19)(H,17,18). The second-order valence-corrected chi connectivity index (χ2v) is 5.19. The van der Waals surface area contributed by atoms with Gasteiger partial charge in [0.15, 0.2) is 0 Å². The van der Waals surface area contributed by atoms with Gasteiger partial charge >= 0.3 is 5.97 Å². The Labute approximate surface area is 117 Å². The molecular weight excluding hydrogens is 268 g/mol. The van der Waals surface area contributed by atoms with Crippen molar-refractivity contribution in [3.63, 3.8) is 0 Å². The summed E-state index contributed by atoms with van der Waals surface area (Å²) in [6.07, 6.45) is 1.59. The molecule has 0 aliphatic carbocycles. The molecule has 106 valence electrons. The van der Waals surface area contributed by atoms with Gasteiger partial charge in [-0.3, -0.25) is 9.59 Å². The predicted octanol–water partition coefficient (Wildman–Crippen LogP) is 2.39. The summed E-state index contributed by atoms with van der Waals surface area (Å²) in [5, 5.41) is 12.1. The van der Waals surface area contributed by atoms with E-state index in [-0.39, 0.29) is 18.2 Å². The van der Waals surface area contributed by atoms with Crippen LogP contribution in [-0.2, 0) is 11.3 Å². The normalized spacial score (nSPS) is 12.5. The van der Waals surface area contributed by atoms with Gasteiger partial charge in [-0.1, -0.05) is 25.4 Å². The number of aliphatic carboxylic acids is 1. The number of halogens is 1. The Balaban J connectivity index is 2.84. The summed E-state index contributed by atoms with van der Waals surface area (Å²) in [6.45, 7) is 6.28. The third-order valence-electron chi connectivity index (χ3n) is 2.95. The highest BCUT2D eigenvalue weighted by Crippen LogP contribution is 2.15. The number of aromatic nitrogens is 1. The van der Waals surface area contributed by atoms with E-state index in [0.717, 1.165) is 0 Å². The summed E-state index contributed by atoms with van der Waals surface area (Å²) >= 11 is 5.88. The highest BCUT2D eigenvalue weighted by Gasteiger charge is 2.21. The molecule has 5 nitrogen and oxygen atoms in total. The average Bonchev–Trinajstić information content (AvgIpc) is 2.68. The van der Waals surface area contributed by atoms with Gasteiger partial charge in [0, 0.05) is 18.8 Å². The molecule has 2 N–H and O–H groups in total. The van der Waals surface area contributed by atoms with Gasteiger partial charge in [-0.2, -0.15) is 0 Å². The lowest BCUT2D eigenvalue weighted by Crippen LogP contribution is -2.40. The van der Waals surface area contributed by atoms with Crippen molar-refractivity contribution in [1.82, 2.24) is 9.88 Å². The second kappa shape index (κ2) is 6.61. The van der Waals surface area contributed by atoms with Crippen molar-refractivity contribution in [1.29, 1.82) is 0 Å². The molecule has 1 aromatic rings. The van der Waals surface area contributed by atoms with Crippen LogP contribution in [0.1, 0.15) is 37.7 Å². The Morgan fingerprint density at radius 2 is 2.11 bits per heavy atom. The molecule has 0 aromatic carbocycles. The number of amides is 1. The van der Waals surface area contributed by atoms with Crippen LogP contribution < -0.4 is 5.32 Å². The van der Waals surface area contributed by atoms with Gasteiger partial charge in [0.1, 0.15) is 5.69 Å². The average molecular weight is 287 g/mol. The van der Waals surface area contributed by atoms with Crippen molar-refractivity contribution in [2.75, 3.05) is 0 Å². The number of rotatable bonds is 6. The van der Waals surface area contributed by atoms with Gasteiger partial charge in [0.05, 0.1) is 11.4 Å². The Morgan fingerprint density at radius 1 is 1.47 bits per heavy atom. The van der Waals surface area contributed by atoms with Crippen LogP contribution in [0.25, 0.3) is 0 Å². The number of hydrogen-bond acceptors (Lipinski definition) is 2. The molecule has 1 heterocycles. The van der Waals surface area contributed by atoms with Gasteiger partial charge in [0.2, 0.25) is 0 Å². The number of carbonyl (C=O) groups is 2. The Morgan fingerprint density at radius 3 is 2.58 bits per heavy atom. The van der Waals surface area contributed by atoms with Crippen molar-refractivity contribution in [2.24, 2.45) is 5.92 Å². The molecular formula is C13H19ClN2O3. The summed E-state index contributed by atoms with van der Waals surface area (Å²) in [4.78, 5) is 22.9. The van der Waals surface area contributed by atoms with Crippen LogP contribution in [0.5, 0.6) is 0 Å². The minimum Gasteiger partial charge on any atom is -0.481 e. The van der Waals surface area contributed by atoms with Crippen molar-refractivity contribution in [3.05, 3.63) is 23.0 Å². The van der Waals surface area contributed by atoms with Crippen molar-refractivity contribution in [3.8, 4) is 0 Å². The highest BCUT2D eigenvalue weighted by atomic mass is 35.5. The Kier molecular flexibility index (Phi) is 5.42. The first-order valence-electron chi connectivity index (χ1n) is 6.23. The minimum atomic E-state index is -0.928. The zero-order valence-corrected chi connectivity index (χ0v) is 12.1. The molecule has 1 amide bonds. The maximum Gasteiger partial charge on any atom is 0.305 e. The van der Waals surface area contributed by atoms with Crippen molar-refractivity contribution in [2.45, 2.75) is 39.8 Å². The van der Waals surface area contributed by atoms with Crippen LogP contribution in [0.2, 0.25) is 5.02 Å². The smallest absolute Gasteiger partial charge is 0.305 e. The van der Waals surface area contributed by atoms with Crippen LogP contribution in [0.3, 0.4) is 0 Å². The van der Waals surface area contributed by atoms with Crippen LogP contribution in [0, 0.1) is 5.92 Å². The number of carboxylic acid groups (broad SMARTS) is 1. The topological polar surface area (TPSA) is 71.3 Å². The highest BCUT2D eigenvalue weighted by molar-refractivity contribution is 6.31. The molecule has 1 aromatic heterocycles. The van der Waals surface area contributed by atoms with Gasteiger partial charge in [0.25, 0.3) is 5.91 Å². The van der Waals surface area contributed by atoms with Crippen LogP contribution in [-0.4, -0.2) is 27.6 Å². The molecule has 0 aliphatic rings. The van der Waals surface area contributed by atoms with E-state index in [1.54, 1.807) is 16.8 Å². The lowest BCUT2D eigenvalue weighted by Gasteiger charge is -2.20.